The molecule has 2 aromatic carbocycles. The average molecular weight is 293 g/mol. The summed E-state index contributed by atoms with van der Waals surface area (Å²) in [5, 5.41) is 20.1. The summed E-state index contributed by atoms with van der Waals surface area (Å²) in [4.78, 5) is 16.2. The van der Waals surface area contributed by atoms with Crippen LogP contribution in [-0.2, 0) is 0 Å². The van der Waals surface area contributed by atoms with Gasteiger partial charge < -0.3 is 10.2 Å². The van der Waals surface area contributed by atoms with Gasteiger partial charge in [-0.1, -0.05) is 23.8 Å². The van der Waals surface area contributed by atoms with Crippen molar-refractivity contribution in [3.8, 4) is 17.0 Å². The highest BCUT2D eigenvalue weighted by Gasteiger charge is 2.16. The molecule has 4 heteroatoms. The number of fused-ring (bicyclic) bond motifs is 1. The zero-order valence-corrected chi connectivity index (χ0v) is 12.3. The standard InChI is InChI=1S/C18H15NO3/c1-10-7-11(2)17-13(8-10)14(18(21)22)9-15(19-17)12-5-3-4-6-16(12)20/h3-9,20H,1-2H3,(H,21,22). The number of aromatic hydroxyl groups is 1. The number of carboxylic acids is 1. The Bertz CT molecular complexity index is 900. The highest BCUT2D eigenvalue weighted by Crippen LogP contribution is 2.32. The van der Waals surface area contributed by atoms with Crippen molar-refractivity contribution in [1.82, 2.24) is 4.98 Å². The van der Waals surface area contributed by atoms with Crippen LogP contribution < -0.4 is 0 Å². The number of aromatic carboxylic acids is 1. The summed E-state index contributed by atoms with van der Waals surface area (Å²) in [5.41, 5.74) is 3.71. The molecule has 0 bridgehead atoms. The van der Waals surface area contributed by atoms with Gasteiger partial charge in [-0.25, -0.2) is 9.78 Å². The van der Waals surface area contributed by atoms with Crippen LogP contribution in [0.25, 0.3) is 22.2 Å². The van der Waals surface area contributed by atoms with Crippen molar-refractivity contribution >= 4 is 16.9 Å². The topological polar surface area (TPSA) is 70.4 Å². The van der Waals surface area contributed by atoms with Crippen LogP contribution in [0, 0.1) is 13.8 Å². The number of carboxylic acid groups (broad SMARTS) is 1. The number of rotatable bonds is 2. The van der Waals surface area contributed by atoms with Crippen LogP contribution in [0.2, 0.25) is 0 Å². The lowest BCUT2D eigenvalue weighted by molar-refractivity contribution is 0.0699. The molecule has 0 amide bonds. The Hall–Kier alpha value is -2.88. The Labute approximate surface area is 127 Å². The third-order valence-corrected chi connectivity index (χ3v) is 3.66. The van der Waals surface area contributed by atoms with E-state index in [0.717, 1.165) is 11.1 Å². The molecule has 0 radical (unpaired) electrons. The number of para-hydroxylation sites is 1. The highest BCUT2D eigenvalue weighted by molar-refractivity contribution is 6.04. The smallest absolute Gasteiger partial charge is 0.336 e. The van der Waals surface area contributed by atoms with Gasteiger partial charge in [0.05, 0.1) is 16.8 Å². The number of nitrogens with zero attached hydrogens (tertiary/aromatic N) is 1. The number of aromatic nitrogens is 1. The Morgan fingerprint density at radius 2 is 1.82 bits per heavy atom. The quantitative estimate of drug-likeness (QED) is 0.751. The van der Waals surface area contributed by atoms with Crippen LogP contribution >= 0.6 is 0 Å². The molecule has 4 nitrogen and oxygen atoms in total. The molecule has 1 heterocycles. The molecule has 0 saturated carbocycles. The van der Waals surface area contributed by atoms with E-state index in [0.29, 0.717) is 22.2 Å². The first-order valence-corrected chi connectivity index (χ1v) is 6.91. The molecule has 1 aromatic heterocycles. The molecule has 0 atom stereocenters. The predicted octanol–water partition coefficient (Wildman–Crippen LogP) is 3.92. The zero-order valence-electron chi connectivity index (χ0n) is 12.3. The molecule has 0 unspecified atom stereocenters. The normalized spacial score (nSPS) is 10.8. The molecule has 0 fully saturated rings. The molecule has 3 aromatic rings. The summed E-state index contributed by atoms with van der Waals surface area (Å²) in [6.45, 7) is 3.83. The number of phenolic OH excluding ortho intramolecular Hbond substituents is 1. The van der Waals surface area contributed by atoms with Gasteiger partial charge in [-0.2, -0.15) is 0 Å². The van der Waals surface area contributed by atoms with Gasteiger partial charge in [0, 0.05) is 10.9 Å². The van der Waals surface area contributed by atoms with Gasteiger partial charge in [0.25, 0.3) is 0 Å². The molecule has 0 aliphatic rings. The predicted molar refractivity (Wildman–Crippen MR) is 85.3 cm³/mol. The second kappa shape index (κ2) is 5.15. The van der Waals surface area contributed by atoms with Crippen molar-refractivity contribution < 1.29 is 15.0 Å². The number of carbonyl (C=O) groups is 1. The molecule has 0 aliphatic heterocycles. The Kier molecular flexibility index (Phi) is 3.29. The third-order valence-electron chi connectivity index (χ3n) is 3.66. The van der Waals surface area contributed by atoms with E-state index in [1.54, 1.807) is 24.3 Å². The van der Waals surface area contributed by atoms with Gasteiger partial charge in [-0.3, -0.25) is 0 Å². The van der Waals surface area contributed by atoms with Gasteiger partial charge in [0.15, 0.2) is 0 Å². The number of benzene rings is 2. The number of hydrogen-bond donors (Lipinski definition) is 2. The van der Waals surface area contributed by atoms with E-state index < -0.39 is 5.97 Å². The van der Waals surface area contributed by atoms with Crippen molar-refractivity contribution in [3.63, 3.8) is 0 Å². The van der Waals surface area contributed by atoms with Crippen LogP contribution in [0.4, 0.5) is 0 Å². The van der Waals surface area contributed by atoms with Crippen molar-refractivity contribution in [3.05, 3.63) is 59.2 Å². The second-order valence-corrected chi connectivity index (χ2v) is 5.36. The lowest BCUT2D eigenvalue weighted by Gasteiger charge is -2.11. The molecule has 0 saturated heterocycles. The van der Waals surface area contributed by atoms with Gasteiger partial charge in [-0.05, 0) is 43.7 Å². The lowest BCUT2D eigenvalue weighted by atomic mass is 9.99. The van der Waals surface area contributed by atoms with Crippen LogP contribution in [0.5, 0.6) is 5.75 Å². The molecule has 0 spiro atoms. The summed E-state index contributed by atoms with van der Waals surface area (Å²) in [7, 11) is 0. The fourth-order valence-electron chi connectivity index (χ4n) is 2.69. The highest BCUT2D eigenvalue weighted by atomic mass is 16.4. The first kappa shape index (κ1) is 14.1. The van der Waals surface area contributed by atoms with Gasteiger partial charge >= 0.3 is 5.97 Å². The van der Waals surface area contributed by atoms with E-state index in [1.165, 1.54) is 6.07 Å². The molecule has 110 valence electrons. The first-order valence-electron chi connectivity index (χ1n) is 6.91. The zero-order chi connectivity index (χ0) is 15.9. The number of hydrogen-bond acceptors (Lipinski definition) is 3. The van der Waals surface area contributed by atoms with Crippen molar-refractivity contribution in [1.29, 1.82) is 0 Å². The fourth-order valence-corrected chi connectivity index (χ4v) is 2.69. The number of pyridine rings is 1. The number of phenols is 1. The van der Waals surface area contributed by atoms with E-state index in [1.807, 2.05) is 26.0 Å². The molecular formula is C18H15NO3. The second-order valence-electron chi connectivity index (χ2n) is 5.36. The maximum atomic E-state index is 11.6. The maximum Gasteiger partial charge on any atom is 0.336 e. The molecule has 0 aliphatic carbocycles. The van der Waals surface area contributed by atoms with Crippen LogP contribution in [0.3, 0.4) is 0 Å². The fraction of sp³-hybridized carbons (Fsp3) is 0.111. The van der Waals surface area contributed by atoms with Crippen LogP contribution in [0.15, 0.2) is 42.5 Å². The molecule has 3 rings (SSSR count). The van der Waals surface area contributed by atoms with E-state index in [-0.39, 0.29) is 11.3 Å². The van der Waals surface area contributed by atoms with E-state index in [2.05, 4.69) is 4.98 Å². The lowest BCUT2D eigenvalue weighted by Crippen LogP contribution is -2.01. The first-order chi connectivity index (χ1) is 10.5. The van der Waals surface area contributed by atoms with Crippen molar-refractivity contribution in [2.45, 2.75) is 13.8 Å². The minimum absolute atomic E-state index is 0.0791. The third kappa shape index (κ3) is 2.29. The SMILES string of the molecule is Cc1cc(C)c2nc(-c3ccccc3O)cc(C(=O)O)c2c1. The van der Waals surface area contributed by atoms with Crippen molar-refractivity contribution in [2.75, 3.05) is 0 Å². The minimum atomic E-state index is -1.01. The Morgan fingerprint density at radius 1 is 1.09 bits per heavy atom. The maximum absolute atomic E-state index is 11.6. The summed E-state index contributed by atoms with van der Waals surface area (Å²) in [5.74, 6) is -0.926. The monoisotopic (exact) mass is 293 g/mol. The van der Waals surface area contributed by atoms with Crippen molar-refractivity contribution in [2.24, 2.45) is 0 Å². The van der Waals surface area contributed by atoms with E-state index >= 15 is 0 Å². The van der Waals surface area contributed by atoms with E-state index in [9.17, 15) is 15.0 Å². The van der Waals surface area contributed by atoms with Gasteiger partial charge in [0.2, 0.25) is 0 Å². The molecule has 22 heavy (non-hydrogen) atoms. The summed E-state index contributed by atoms with van der Waals surface area (Å²) >= 11 is 0. The number of aryl methyl sites for hydroxylation is 2. The molecular weight excluding hydrogens is 278 g/mol. The Morgan fingerprint density at radius 3 is 2.50 bits per heavy atom. The Balaban J connectivity index is 2.40. The average Bonchev–Trinajstić information content (AvgIpc) is 2.46. The van der Waals surface area contributed by atoms with Crippen LogP contribution in [-0.4, -0.2) is 21.2 Å². The largest absolute Gasteiger partial charge is 0.507 e. The van der Waals surface area contributed by atoms with Gasteiger partial charge in [0.1, 0.15) is 5.75 Å². The van der Waals surface area contributed by atoms with E-state index in [4.69, 9.17) is 0 Å². The van der Waals surface area contributed by atoms with Crippen LogP contribution in [0.1, 0.15) is 21.5 Å². The summed E-state index contributed by atoms with van der Waals surface area (Å²) < 4.78 is 0. The minimum Gasteiger partial charge on any atom is -0.507 e. The molecule has 2 N–H and O–H groups in total. The van der Waals surface area contributed by atoms with Gasteiger partial charge in [-0.15, -0.1) is 0 Å². The summed E-state index contributed by atoms with van der Waals surface area (Å²) in [6, 6.07) is 12.1. The summed E-state index contributed by atoms with van der Waals surface area (Å²) in [6.07, 6.45) is 0.